The van der Waals surface area contributed by atoms with Crippen molar-refractivity contribution >= 4 is 27.5 Å². The van der Waals surface area contributed by atoms with Crippen LogP contribution in [0.1, 0.15) is 22.9 Å². The van der Waals surface area contributed by atoms with Crippen molar-refractivity contribution in [3.05, 3.63) is 75.9 Å². The van der Waals surface area contributed by atoms with Crippen LogP contribution in [-0.2, 0) is 0 Å². The van der Waals surface area contributed by atoms with Gasteiger partial charge >= 0.3 is 0 Å². The molecule has 3 N–H and O–H groups in total. The summed E-state index contributed by atoms with van der Waals surface area (Å²) in [6.45, 7) is 1.90. The topological polar surface area (TPSA) is 64.1 Å². The molecule has 0 saturated carbocycles. The third-order valence-electron chi connectivity index (χ3n) is 3.51. The fourth-order valence-electron chi connectivity index (χ4n) is 2.42. The lowest BCUT2D eigenvalue weighted by atomic mass is 9.98. The maximum Gasteiger partial charge on any atom is 0.227 e. The Kier molecular flexibility index (Phi) is 4.15. The van der Waals surface area contributed by atoms with E-state index in [0.717, 1.165) is 27.0 Å². The molecule has 3 rings (SSSR count). The minimum absolute atomic E-state index is 0.123. The molecule has 2 aromatic carbocycles. The number of nitrogens with two attached hydrogens (primary N) is 1. The Morgan fingerprint density at radius 3 is 2.36 bits per heavy atom. The Morgan fingerprint density at radius 1 is 1.09 bits per heavy atom. The van der Waals surface area contributed by atoms with Gasteiger partial charge in [-0.05, 0) is 36.8 Å². The number of rotatable bonds is 4. The van der Waals surface area contributed by atoms with Crippen molar-refractivity contribution in [2.75, 3.05) is 11.1 Å². The summed E-state index contributed by atoms with van der Waals surface area (Å²) in [5.41, 5.74) is 9.74. The van der Waals surface area contributed by atoms with E-state index >= 15 is 0 Å². The Hall–Kier alpha value is -2.27. The lowest BCUT2D eigenvalue weighted by molar-refractivity contribution is 0.431. The molecule has 1 atom stereocenters. The number of nitrogens with zero attached hydrogens (tertiary/aromatic N) is 1. The summed E-state index contributed by atoms with van der Waals surface area (Å²) in [7, 11) is 0. The summed E-state index contributed by atoms with van der Waals surface area (Å²) >= 11 is 3.46. The first-order chi connectivity index (χ1) is 10.6. The minimum atomic E-state index is -0.123. The first-order valence-electron chi connectivity index (χ1n) is 6.94. The van der Waals surface area contributed by atoms with Gasteiger partial charge in [0.05, 0.1) is 17.3 Å². The highest BCUT2D eigenvalue weighted by atomic mass is 79.9. The number of aryl methyl sites for hydroxylation is 1. The van der Waals surface area contributed by atoms with Crippen LogP contribution in [0.3, 0.4) is 0 Å². The SMILES string of the molecule is Cc1noc(N)c1C(Nc1ccccc1)c1ccc(Br)cc1. The van der Waals surface area contributed by atoms with Crippen LogP contribution in [0.4, 0.5) is 11.6 Å². The van der Waals surface area contributed by atoms with Gasteiger partial charge in [0, 0.05) is 10.2 Å². The van der Waals surface area contributed by atoms with Crippen LogP contribution in [0.25, 0.3) is 0 Å². The Labute approximate surface area is 137 Å². The number of nitrogen functional groups attached to an aromatic ring is 1. The number of benzene rings is 2. The van der Waals surface area contributed by atoms with E-state index in [1.165, 1.54) is 0 Å². The highest BCUT2D eigenvalue weighted by Crippen LogP contribution is 2.33. The van der Waals surface area contributed by atoms with Gasteiger partial charge in [-0.25, -0.2) is 0 Å². The van der Waals surface area contributed by atoms with Crippen molar-refractivity contribution < 1.29 is 4.52 Å². The predicted octanol–water partition coefficient (Wildman–Crippen LogP) is 4.53. The van der Waals surface area contributed by atoms with E-state index < -0.39 is 0 Å². The highest BCUT2D eigenvalue weighted by Gasteiger charge is 2.23. The summed E-state index contributed by atoms with van der Waals surface area (Å²) in [6.07, 6.45) is 0. The van der Waals surface area contributed by atoms with Crippen LogP contribution >= 0.6 is 15.9 Å². The number of hydrogen-bond donors (Lipinski definition) is 2. The number of hydrogen-bond acceptors (Lipinski definition) is 4. The molecule has 0 spiro atoms. The Balaban J connectivity index is 2.04. The fourth-order valence-corrected chi connectivity index (χ4v) is 2.69. The molecule has 1 heterocycles. The number of halogens is 1. The van der Waals surface area contributed by atoms with Crippen molar-refractivity contribution in [3.63, 3.8) is 0 Å². The second kappa shape index (κ2) is 6.23. The molecule has 0 aliphatic carbocycles. The molecular weight excluding hydrogens is 342 g/mol. The lowest BCUT2D eigenvalue weighted by Gasteiger charge is -2.20. The second-order valence-corrected chi connectivity index (χ2v) is 5.96. The first kappa shape index (κ1) is 14.7. The third kappa shape index (κ3) is 2.99. The van der Waals surface area contributed by atoms with Crippen LogP contribution < -0.4 is 11.1 Å². The van der Waals surface area contributed by atoms with Gasteiger partial charge in [-0.2, -0.15) is 0 Å². The van der Waals surface area contributed by atoms with Crippen molar-refractivity contribution in [3.8, 4) is 0 Å². The quantitative estimate of drug-likeness (QED) is 0.719. The molecule has 0 aliphatic rings. The van der Waals surface area contributed by atoms with Gasteiger partial charge in [-0.1, -0.05) is 51.4 Å². The average Bonchev–Trinajstić information content (AvgIpc) is 2.86. The maximum absolute atomic E-state index is 5.98. The largest absolute Gasteiger partial charge is 0.374 e. The van der Waals surface area contributed by atoms with E-state index in [1.54, 1.807) is 0 Å². The van der Waals surface area contributed by atoms with Gasteiger partial charge in [0.1, 0.15) is 0 Å². The molecule has 0 aliphatic heterocycles. The second-order valence-electron chi connectivity index (χ2n) is 5.04. The summed E-state index contributed by atoms with van der Waals surface area (Å²) in [5, 5.41) is 7.48. The van der Waals surface area contributed by atoms with E-state index in [2.05, 4.69) is 38.5 Å². The molecule has 0 amide bonds. The van der Waals surface area contributed by atoms with Gasteiger partial charge in [0.15, 0.2) is 0 Å². The molecule has 1 aromatic heterocycles. The van der Waals surface area contributed by atoms with Gasteiger partial charge in [-0.15, -0.1) is 0 Å². The van der Waals surface area contributed by atoms with E-state index in [-0.39, 0.29) is 6.04 Å². The Bertz CT molecular complexity index is 734. The number of anilines is 2. The maximum atomic E-state index is 5.98. The van der Waals surface area contributed by atoms with E-state index in [1.807, 2.05) is 49.4 Å². The standard InChI is InChI=1S/C17H16BrN3O/c1-11-15(17(19)22-21-11)16(12-7-9-13(18)10-8-12)20-14-5-3-2-4-6-14/h2-10,16,20H,19H2,1H3. The Morgan fingerprint density at radius 2 is 1.77 bits per heavy atom. The lowest BCUT2D eigenvalue weighted by Crippen LogP contribution is -2.14. The summed E-state index contributed by atoms with van der Waals surface area (Å²) in [6, 6.07) is 18.0. The highest BCUT2D eigenvalue weighted by molar-refractivity contribution is 9.10. The monoisotopic (exact) mass is 357 g/mol. The zero-order valence-electron chi connectivity index (χ0n) is 12.1. The van der Waals surface area contributed by atoms with E-state index in [9.17, 15) is 0 Å². The molecule has 0 saturated heterocycles. The molecule has 0 fully saturated rings. The molecule has 112 valence electrons. The fraction of sp³-hybridized carbons (Fsp3) is 0.118. The predicted molar refractivity (Wildman–Crippen MR) is 91.7 cm³/mol. The van der Waals surface area contributed by atoms with E-state index in [0.29, 0.717) is 5.88 Å². The summed E-state index contributed by atoms with van der Waals surface area (Å²) < 4.78 is 6.17. The molecule has 5 heteroatoms. The molecule has 0 bridgehead atoms. The van der Waals surface area contributed by atoms with Crippen LogP contribution in [-0.4, -0.2) is 5.16 Å². The van der Waals surface area contributed by atoms with Crippen molar-refractivity contribution in [2.24, 2.45) is 0 Å². The molecule has 22 heavy (non-hydrogen) atoms. The van der Waals surface area contributed by atoms with Crippen LogP contribution in [0, 0.1) is 6.92 Å². The molecule has 1 unspecified atom stereocenters. The summed E-state index contributed by atoms with van der Waals surface area (Å²) in [5.74, 6) is 0.342. The van der Waals surface area contributed by atoms with Gasteiger partial charge in [0.2, 0.25) is 5.88 Å². The van der Waals surface area contributed by atoms with Crippen molar-refractivity contribution in [1.29, 1.82) is 0 Å². The molecule has 0 radical (unpaired) electrons. The zero-order chi connectivity index (χ0) is 15.5. The van der Waals surface area contributed by atoms with Crippen LogP contribution in [0.15, 0.2) is 63.6 Å². The minimum Gasteiger partial charge on any atom is -0.374 e. The zero-order valence-corrected chi connectivity index (χ0v) is 13.7. The molecule has 3 aromatic rings. The number of aromatic nitrogens is 1. The number of nitrogens with one attached hydrogen (secondary N) is 1. The summed E-state index contributed by atoms with van der Waals surface area (Å²) in [4.78, 5) is 0. The van der Waals surface area contributed by atoms with Crippen LogP contribution in [0.2, 0.25) is 0 Å². The van der Waals surface area contributed by atoms with Gasteiger partial charge < -0.3 is 15.6 Å². The van der Waals surface area contributed by atoms with Gasteiger partial charge in [-0.3, -0.25) is 0 Å². The molecule has 4 nitrogen and oxygen atoms in total. The van der Waals surface area contributed by atoms with E-state index in [4.69, 9.17) is 10.3 Å². The smallest absolute Gasteiger partial charge is 0.227 e. The average molecular weight is 358 g/mol. The normalized spacial score (nSPS) is 12.1. The van der Waals surface area contributed by atoms with Gasteiger partial charge in [0.25, 0.3) is 0 Å². The number of para-hydroxylation sites is 1. The molecular formula is C17H16BrN3O. The van der Waals surface area contributed by atoms with Crippen molar-refractivity contribution in [1.82, 2.24) is 5.16 Å². The van der Waals surface area contributed by atoms with Crippen LogP contribution in [0.5, 0.6) is 0 Å². The van der Waals surface area contributed by atoms with Crippen molar-refractivity contribution in [2.45, 2.75) is 13.0 Å². The first-order valence-corrected chi connectivity index (χ1v) is 7.73. The third-order valence-corrected chi connectivity index (χ3v) is 4.04.